The number of amides is 1. The second-order valence-corrected chi connectivity index (χ2v) is 7.58. The van der Waals surface area contributed by atoms with Crippen LogP contribution in [0.15, 0.2) is 55.1 Å². The van der Waals surface area contributed by atoms with Gasteiger partial charge in [0.1, 0.15) is 17.8 Å². The van der Waals surface area contributed by atoms with Gasteiger partial charge in [-0.3, -0.25) is 9.78 Å². The van der Waals surface area contributed by atoms with Gasteiger partial charge in [0, 0.05) is 30.7 Å². The zero-order chi connectivity index (χ0) is 20.8. The summed E-state index contributed by atoms with van der Waals surface area (Å²) in [6.45, 7) is 9.07. The molecule has 29 heavy (non-hydrogen) atoms. The predicted molar refractivity (Wildman–Crippen MR) is 116 cm³/mol. The lowest BCUT2D eigenvalue weighted by atomic mass is 9.92. The molecule has 0 spiro atoms. The van der Waals surface area contributed by atoms with Crippen LogP contribution in [0.25, 0.3) is 0 Å². The highest BCUT2D eigenvalue weighted by Gasteiger charge is 2.17. The molecule has 0 bridgehead atoms. The molecule has 6 nitrogen and oxygen atoms in total. The van der Waals surface area contributed by atoms with Crippen molar-refractivity contribution in [1.29, 1.82) is 0 Å². The maximum Gasteiger partial charge on any atom is 0.274 e. The van der Waals surface area contributed by atoms with E-state index in [0.29, 0.717) is 29.9 Å². The Morgan fingerprint density at radius 2 is 1.72 bits per heavy atom. The van der Waals surface area contributed by atoms with E-state index in [1.807, 2.05) is 18.2 Å². The fraction of sp³-hybridized carbons (Fsp3) is 0.304. The van der Waals surface area contributed by atoms with Crippen LogP contribution >= 0.6 is 0 Å². The molecular formula is C23H27N5O. The van der Waals surface area contributed by atoms with Gasteiger partial charge in [-0.1, -0.05) is 52.0 Å². The molecule has 2 heterocycles. The summed E-state index contributed by atoms with van der Waals surface area (Å²) in [5.74, 6) is 0.944. The molecule has 150 valence electrons. The Balaban J connectivity index is 1.80. The van der Waals surface area contributed by atoms with Crippen LogP contribution in [0, 0.1) is 0 Å². The third kappa shape index (κ3) is 5.16. The molecule has 0 fully saturated rings. The van der Waals surface area contributed by atoms with Crippen molar-refractivity contribution in [3.63, 3.8) is 0 Å². The number of aromatic nitrogens is 3. The molecule has 0 radical (unpaired) electrons. The number of carbonyl (C=O) groups excluding carboxylic acids is 1. The van der Waals surface area contributed by atoms with Crippen LogP contribution in [0.1, 0.15) is 66.7 Å². The number of anilines is 2. The van der Waals surface area contributed by atoms with Crippen molar-refractivity contribution in [2.45, 2.75) is 46.1 Å². The topological polar surface area (TPSA) is 79.8 Å². The summed E-state index contributed by atoms with van der Waals surface area (Å²) in [6.07, 6.45) is 4.92. The van der Waals surface area contributed by atoms with E-state index in [-0.39, 0.29) is 5.91 Å². The van der Waals surface area contributed by atoms with Gasteiger partial charge in [-0.05, 0) is 34.6 Å². The van der Waals surface area contributed by atoms with Gasteiger partial charge in [0.05, 0.1) is 0 Å². The average Bonchev–Trinajstić information content (AvgIpc) is 2.73. The van der Waals surface area contributed by atoms with E-state index < -0.39 is 0 Å². The lowest BCUT2D eigenvalue weighted by Gasteiger charge is -2.20. The molecule has 1 aromatic carbocycles. The monoisotopic (exact) mass is 389 g/mol. The number of benzene rings is 1. The van der Waals surface area contributed by atoms with Crippen molar-refractivity contribution in [1.82, 2.24) is 15.0 Å². The van der Waals surface area contributed by atoms with Crippen LogP contribution < -0.4 is 10.6 Å². The largest absolute Gasteiger partial charge is 0.366 e. The molecule has 0 aliphatic rings. The molecule has 0 unspecified atom stereocenters. The third-order valence-electron chi connectivity index (χ3n) is 4.71. The molecule has 1 amide bonds. The number of carbonyl (C=O) groups is 1. The molecule has 6 heteroatoms. The molecule has 0 aliphatic heterocycles. The first-order valence-corrected chi connectivity index (χ1v) is 9.84. The first-order chi connectivity index (χ1) is 14.0. The summed E-state index contributed by atoms with van der Waals surface area (Å²) < 4.78 is 0. The molecule has 0 saturated heterocycles. The Bertz CT molecular complexity index is 944. The number of hydrogen-bond acceptors (Lipinski definition) is 5. The van der Waals surface area contributed by atoms with E-state index >= 15 is 0 Å². The van der Waals surface area contributed by atoms with Crippen molar-refractivity contribution in [2.24, 2.45) is 0 Å². The minimum absolute atomic E-state index is 0.244. The van der Waals surface area contributed by atoms with Gasteiger partial charge in [-0.15, -0.1) is 0 Å². The Hall–Kier alpha value is -3.28. The quantitative estimate of drug-likeness (QED) is 0.595. The fourth-order valence-corrected chi connectivity index (χ4v) is 3.15. The van der Waals surface area contributed by atoms with Crippen LogP contribution in [-0.4, -0.2) is 20.9 Å². The number of pyridine rings is 1. The van der Waals surface area contributed by atoms with E-state index in [1.165, 1.54) is 6.33 Å². The van der Waals surface area contributed by atoms with Gasteiger partial charge in [0.15, 0.2) is 0 Å². The van der Waals surface area contributed by atoms with Crippen LogP contribution in [0.2, 0.25) is 0 Å². The standard InChI is InChI=1S/C23H27N5O/c1-15(2)18-8-5-9-19(16(3)4)22(18)28-23(29)20-11-21(27-14-26-20)25-13-17-7-6-10-24-12-17/h5-12,14-16H,13H2,1-4H3,(H,28,29)(H,25,26,27). The van der Waals surface area contributed by atoms with Gasteiger partial charge in [0.2, 0.25) is 0 Å². The summed E-state index contributed by atoms with van der Waals surface area (Å²) in [5.41, 5.74) is 4.47. The van der Waals surface area contributed by atoms with Crippen LogP contribution in [-0.2, 0) is 6.54 Å². The molecule has 2 aromatic heterocycles. The van der Waals surface area contributed by atoms with E-state index in [0.717, 1.165) is 22.4 Å². The summed E-state index contributed by atoms with van der Waals surface area (Å²) in [6, 6.07) is 11.7. The Morgan fingerprint density at radius 3 is 2.34 bits per heavy atom. The second kappa shape index (κ2) is 9.28. The van der Waals surface area contributed by atoms with E-state index in [2.05, 4.69) is 65.4 Å². The molecule has 0 aliphatic carbocycles. The molecule has 0 atom stereocenters. The van der Waals surface area contributed by atoms with Crippen LogP contribution in [0.4, 0.5) is 11.5 Å². The normalized spacial score (nSPS) is 11.0. The van der Waals surface area contributed by atoms with Crippen molar-refractivity contribution >= 4 is 17.4 Å². The lowest BCUT2D eigenvalue weighted by Crippen LogP contribution is -2.17. The molecular weight excluding hydrogens is 362 g/mol. The van der Waals surface area contributed by atoms with Crippen molar-refractivity contribution in [2.75, 3.05) is 10.6 Å². The fourth-order valence-electron chi connectivity index (χ4n) is 3.15. The molecule has 3 rings (SSSR count). The zero-order valence-electron chi connectivity index (χ0n) is 17.3. The number of nitrogens with zero attached hydrogens (tertiary/aromatic N) is 3. The van der Waals surface area contributed by atoms with E-state index in [4.69, 9.17) is 0 Å². The number of rotatable bonds is 7. The molecule has 3 aromatic rings. The maximum absolute atomic E-state index is 13.0. The zero-order valence-corrected chi connectivity index (χ0v) is 17.3. The van der Waals surface area contributed by atoms with Crippen molar-refractivity contribution in [3.8, 4) is 0 Å². The van der Waals surface area contributed by atoms with E-state index in [1.54, 1.807) is 18.5 Å². The smallest absolute Gasteiger partial charge is 0.274 e. The van der Waals surface area contributed by atoms with Gasteiger partial charge in [-0.2, -0.15) is 0 Å². The Kier molecular flexibility index (Phi) is 6.54. The number of nitrogens with one attached hydrogen (secondary N) is 2. The van der Waals surface area contributed by atoms with Crippen molar-refractivity contribution in [3.05, 3.63) is 77.5 Å². The summed E-state index contributed by atoms with van der Waals surface area (Å²) in [4.78, 5) is 25.4. The summed E-state index contributed by atoms with van der Waals surface area (Å²) in [5, 5.41) is 6.30. The molecule has 0 saturated carbocycles. The van der Waals surface area contributed by atoms with Gasteiger partial charge < -0.3 is 10.6 Å². The highest BCUT2D eigenvalue weighted by Crippen LogP contribution is 2.32. The first kappa shape index (κ1) is 20.5. The maximum atomic E-state index is 13.0. The van der Waals surface area contributed by atoms with Crippen molar-refractivity contribution < 1.29 is 4.79 Å². The molecule has 2 N–H and O–H groups in total. The van der Waals surface area contributed by atoms with Gasteiger partial charge >= 0.3 is 0 Å². The Morgan fingerprint density at radius 1 is 1.00 bits per heavy atom. The minimum atomic E-state index is -0.244. The number of hydrogen-bond donors (Lipinski definition) is 2. The summed E-state index contributed by atoms with van der Waals surface area (Å²) >= 11 is 0. The van der Waals surface area contributed by atoms with Gasteiger partial charge in [0.25, 0.3) is 5.91 Å². The third-order valence-corrected chi connectivity index (χ3v) is 4.71. The lowest BCUT2D eigenvalue weighted by molar-refractivity contribution is 0.102. The second-order valence-electron chi connectivity index (χ2n) is 7.58. The highest BCUT2D eigenvalue weighted by molar-refractivity contribution is 6.04. The number of para-hydroxylation sites is 1. The predicted octanol–water partition coefficient (Wildman–Crippen LogP) is 4.98. The highest BCUT2D eigenvalue weighted by atomic mass is 16.1. The Labute approximate surface area is 171 Å². The van der Waals surface area contributed by atoms with Crippen LogP contribution in [0.3, 0.4) is 0 Å². The van der Waals surface area contributed by atoms with Crippen LogP contribution in [0.5, 0.6) is 0 Å². The minimum Gasteiger partial charge on any atom is -0.366 e. The SMILES string of the molecule is CC(C)c1cccc(C(C)C)c1NC(=O)c1cc(NCc2cccnc2)ncn1. The van der Waals surface area contributed by atoms with E-state index in [9.17, 15) is 4.79 Å². The van der Waals surface area contributed by atoms with Gasteiger partial charge in [-0.25, -0.2) is 9.97 Å². The summed E-state index contributed by atoms with van der Waals surface area (Å²) in [7, 11) is 0. The average molecular weight is 390 g/mol. The first-order valence-electron chi connectivity index (χ1n) is 9.84.